The first-order valence-corrected chi connectivity index (χ1v) is 4.90. The minimum absolute atomic E-state index is 0.698. The van der Waals surface area contributed by atoms with E-state index in [9.17, 15) is 9.90 Å². The van der Waals surface area contributed by atoms with Crippen molar-refractivity contribution in [2.45, 2.75) is 38.1 Å². The molecule has 0 unspecified atom stereocenters. The quantitative estimate of drug-likeness (QED) is 0.777. The number of aliphatic carboxylic acids is 1. The molecule has 1 aromatic heterocycles. The van der Waals surface area contributed by atoms with Crippen LogP contribution in [0.3, 0.4) is 0 Å². The molecule has 0 atom stereocenters. The Kier molecular flexibility index (Phi) is 2.06. The van der Waals surface area contributed by atoms with Crippen LogP contribution in [0, 0.1) is 6.92 Å². The number of aryl methyl sites for hydroxylation is 1. The minimum atomic E-state index is -0.770. The van der Waals surface area contributed by atoms with E-state index in [0.717, 1.165) is 18.4 Å². The second kappa shape index (κ2) is 3.12. The molecular formula is C10H14N2O2. The monoisotopic (exact) mass is 194 g/mol. The second-order valence-corrected chi connectivity index (χ2v) is 4.01. The molecule has 0 aromatic carbocycles. The van der Waals surface area contributed by atoms with Crippen molar-refractivity contribution in [3.8, 4) is 0 Å². The van der Waals surface area contributed by atoms with Crippen LogP contribution in [0.4, 0.5) is 0 Å². The van der Waals surface area contributed by atoms with Crippen LogP contribution in [0.5, 0.6) is 0 Å². The summed E-state index contributed by atoms with van der Waals surface area (Å²) in [5, 5.41) is 13.4. The largest absolute Gasteiger partial charge is 0.479 e. The third-order valence-electron chi connectivity index (χ3n) is 2.98. The van der Waals surface area contributed by atoms with Crippen molar-refractivity contribution in [2.24, 2.45) is 0 Å². The predicted molar refractivity (Wildman–Crippen MR) is 51.0 cm³/mol. The van der Waals surface area contributed by atoms with Gasteiger partial charge < -0.3 is 5.11 Å². The van der Waals surface area contributed by atoms with Gasteiger partial charge in [0.15, 0.2) is 5.54 Å². The minimum Gasteiger partial charge on any atom is -0.479 e. The summed E-state index contributed by atoms with van der Waals surface area (Å²) in [6.07, 6.45) is 6.88. The maximum absolute atomic E-state index is 11.3. The summed E-state index contributed by atoms with van der Waals surface area (Å²) in [6.45, 7) is 1.92. The van der Waals surface area contributed by atoms with Crippen molar-refractivity contribution >= 4 is 5.97 Å². The van der Waals surface area contributed by atoms with Gasteiger partial charge >= 0.3 is 5.97 Å². The van der Waals surface area contributed by atoms with E-state index in [4.69, 9.17) is 0 Å². The molecule has 14 heavy (non-hydrogen) atoms. The molecule has 0 spiro atoms. The number of carbonyl (C=O) groups is 1. The molecule has 0 radical (unpaired) electrons. The standard InChI is InChI=1S/C10H14N2O2/c1-8-6-11-12(7-8)10(9(13)14)4-2-3-5-10/h6-7H,2-5H2,1H3,(H,13,14). The van der Waals surface area contributed by atoms with E-state index < -0.39 is 11.5 Å². The fraction of sp³-hybridized carbons (Fsp3) is 0.600. The lowest BCUT2D eigenvalue weighted by molar-refractivity contribution is -0.147. The first-order chi connectivity index (χ1) is 6.65. The van der Waals surface area contributed by atoms with E-state index in [2.05, 4.69) is 5.10 Å². The van der Waals surface area contributed by atoms with Gasteiger partial charge in [-0.3, -0.25) is 4.68 Å². The van der Waals surface area contributed by atoms with Gasteiger partial charge in [-0.15, -0.1) is 0 Å². The van der Waals surface area contributed by atoms with Gasteiger partial charge in [0.2, 0.25) is 0 Å². The van der Waals surface area contributed by atoms with E-state index >= 15 is 0 Å². The highest BCUT2D eigenvalue weighted by Gasteiger charge is 2.43. The summed E-state index contributed by atoms with van der Waals surface area (Å²) in [4.78, 5) is 11.3. The Balaban J connectivity index is 2.41. The van der Waals surface area contributed by atoms with Crippen molar-refractivity contribution in [3.63, 3.8) is 0 Å². The fourth-order valence-corrected chi connectivity index (χ4v) is 2.15. The van der Waals surface area contributed by atoms with Gasteiger partial charge in [-0.2, -0.15) is 5.10 Å². The van der Waals surface area contributed by atoms with Gasteiger partial charge in [0.25, 0.3) is 0 Å². The third kappa shape index (κ3) is 1.22. The molecule has 1 aromatic rings. The number of aromatic nitrogens is 2. The van der Waals surface area contributed by atoms with E-state index in [1.165, 1.54) is 0 Å². The number of hydrogen-bond donors (Lipinski definition) is 1. The van der Waals surface area contributed by atoms with Crippen molar-refractivity contribution in [3.05, 3.63) is 18.0 Å². The second-order valence-electron chi connectivity index (χ2n) is 4.01. The van der Waals surface area contributed by atoms with Crippen molar-refractivity contribution in [1.82, 2.24) is 9.78 Å². The molecule has 0 aliphatic heterocycles. The molecule has 0 saturated heterocycles. The first kappa shape index (κ1) is 9.24. The Labute approximate surface area is 82.5 Å². The highest BCUT2D eigenvalue weighted by molar-refractivity contribution is 5.77. The zero-order valence-electron chi connectivity index (χ0n) is 8.23. The van der Waals surface area contributed by atoms with Crippen LogP contribution in [-0.4, -0.2) is 20.9 Å². The molecule has 4 heteroatoms. The molecule has 0 amide bonds. The maximum Gasteiger partial charge on any atom is 0.331 e. The molecule has 2 rings (SSSR count). The van der Waals surface area contributed by atoms with Crippen LogP contribution in [0.15, 0.2) is 12.4 Å². The van der Waals surface area contributed by atoms with E-state index in [0.29, 0.717) is 12.8 Å². The Morgan fingerprint density at radius 1 is 1.57 bits per heavy atom. The number of rotatable bonds is 2. The fourth-order valence-electron chi connectivity index (χ4n) is 2.15. The zero-order valence-corrected chi connectivity index (χ0v) is 8.23. The van der Waals surface area contributed by atoms with Gasteiger partial charge in [0.05, 0.1) is 6.20 Å². The predicted octanol–water partition coefficient (Wildman–Crippen LogP) is 1.55. The molecule has 76 valence electrons. The molecular weight excluding hydrogens is 180 g/mol. The van der Waals surface area contributed by atoms with Crippen molar-refractivity contribution in [2.75, 3.05) is 0 Å². The van der Waals surface area contributed by atoms with Gasteiger partial charge in [0.1, 0.15) is 0 Å². The smallest absolute Gasteiger partial charge is 0.331 e. The molecule has 1 aliphatic rings. The zero-order chi connectivity index (χ0) is 10.2. The normalized spacial score (nSPS) is 19.8. The lowest BCUT2D eigenvalue weighted by Crippen LogP contribution is -2.39. The van der Waals surface area contributed by atoms with Gasteiger partial charge in [0, 0.05) is 6.20 Å². The van der Waals surface area contributed by atoms with Crippen LogP contribution in [0.2, 0.25) is 0 Å². The topological polar surface area (TPSA) is 55.1 Å². The first-order valence-electron chi connectivity index (χ1n) is 4.90. The number of hydrogen-bond acceptors (Lipinski definition) is 2. The maximum atomic E-state index is 11.3. The molecule has 1 saturated carbocycles. The summed E-state index contributed by atoms with van der Waals surface area (Å²) >= 11 is 0. The number of nitrogens with zero attached hydrogens (tertiary/aromatic N) is 2. The van der Waals surface area contributed by atoms with Crippen LogP contribution < -0.4 is 0 Å². The van der Waals surface area contributed by atoms with Crippen LogP contribution in [0.25, 0.3) is 0 Å². The average molecular weight is 194 g/mol. The Morgan fingerprint density at radius 2 is 2.21 bits per heavy atom. The molecule has 1 fully saturated rings. The van der Waals surface area contributed by atoms with Crippen LogP contribution in [0.1, 0.15) is 31.2 Å². The number of carboxylic acids is 1. The Bertz CT molecular complexity index is 351. The number of carboxylic acid groups (broad SMARTS) is 1. The lowest BCUT2D eigenvalue weighted by Gasteiger charge is -2.24. The Morgan fingerprint density at radius 3 is 2.64 bits per heavy atom. The van der Waals surface area contributed by atoms with Crippen molar-refractivity contribution in [1.29, 1.82) is 0 Å². The molecule has 1 N–H and O–H groups in total. The molecule has 1 aliphatic carbocycles. The van der Waals surface area contributed by atoms with E-state index in [1.807, 2.05) is 13.1 Å². The van der Waals surface area contributed by atoms with Gasteiger partial charge in [-0.05, 0) is 25.3 Å². The van der Waals surface area contributed by atoms with Crippen LogP contribution in [-0.2, 0) is 10.3 Å². The highest BCUT2D eigenvalue weighted by atomic mass is 16.4. The van der Waals surface area contributed by atoms with Crippen LogP contribution >= 0.6 is 0 Å². The van der Waals surface area contributed by atoms with Crippen molar-refractivity contribution < 1.29 is 9.90 Å². The summed E-state index contributed by atoms with van der Waals surface area (Å²) in [7, 11) is 0. The highest BCUT2D eigenvalue weighted by Crippen LogP contribution is 2.36. The summed E-state index contributed by atoms with van der Waals surface area (Å²) < 4.78 is 1.62. The summed E-state index contributed by atoms with van der Waals surface area (Å²) in [6, 6.07) is 0. The third-order valence-corrected chi connectivity index (χ3v) is 2.98. The molecule has 4 nitrogen and oxygen atoms in total. The summed E-state index contributed by atoms with van der Waals surface area (Å²) in [5.74, 6) is -0.752. The molecule has 1 heterocycles. The average Bonchev–Trinajstić information content (AvgIpc) is 2.71. The Hall–Kier alpha value is -1.32. The summed E-state index contributed by atoms with van der Waals surface area (Å²) in [5.41, 5.74) is 0.242. The van der Waals surface area contributed by atoms with Gasteiger partial charge in [-0.25, -0.2) is 4.79 Å². The lowest BCUT2D eigenvalue weighted by atomic mass is 9.98. The SMILES string of the molecule is Cc1cnn(C2(C(=O)O)CCCC2)c1. The van der Waals surface area contributed by atoms with E-state index in [1.54, 1.807) is 10.9 Å². The van der Waals surface area contributed by atoms with E-state index in [-0.39, 0.29) is 0 Å². The van der Waals surface area contributed by atoms with Gasteiger partial charge in [-0.1, -0.05) is 12.8 Å². The molecule has 0 bridgehead atoms.